The van der Waals surface area contributed by atoms with E-state index in [4.69, 9.17) is 0 Å². The minimum Gasteiger partial charge on any atom is -0.345 e. The lowest BCUT2D eigenvalue weighted by molar-refractivity contribution is 0.0944. The summed E-state index contributed by atoms with van der Waals surface area (Å²) in [5.41, 5.74) is 2.27. The number of aromatic nitrogens is 1. The van der Waals surface area contributed by atoms with Crippen LogP contribution in [-0.4, -0.2) is 10.9 Å². The van der Waals surface area contributed by atoms with Crippen molar-refractivity contribution in [2.75, 3.05) is 0 Å². The molecule has 0 spiro atoms. The van der Waals surface area contributed by atoms with Crippen LogP contribution in [0.25, 0.3) is 0 Å². The molecule has 3 nitrogen and oxygen atoms in total. The lowest BCUT2D eigenvalue weighted by Gasteiger charge is -2.13. The fourth-order valence-corrected chi connectivity index (χ4v) is 3.00. The highest BCUT2D eigenvalue weighted by atomic mass is 32.1. The molecule has 2 heterocycles. The molecule has 2 aromatic rings. The van der Waals surface area contributed by atoms with Gasteiger partial charge in [-0.15, -0.1) is 11.3 Å². The first-order chi connectivity index (χ1) is 9.11. The lowest BCUT2D eigenvalue weighted by atomic mass is 10.1. The maximum absolute atomic E-state index is 12.2. The van der Waals surface area contributed by atoms with Crippen LogP contribution in [0, 0.1) is 6.92 Å². The number of rotatable bonds is 4. The van der Waals surface area contributed by atoms with Gasteiger partial charge in [-0.25, -0.2) is 0 Å². The van der Waals surface area contributed by atoms with E-state index < -0.39 is 0 Å². The Labute approximate surface area is 117 Å². The Balaban J connectivity index is 2.08. The van der Waals surface area contributed by atoms with Crippen LogP contribution in [0.1, 0.15) is 45.6 Å². The van der Waals surface area contributed by atoms with Gasteiger partial charge < -0.3 is 5.32 Å². The van der Waals surface area contributed by atoms with E-state index in [0.29, 0.717) is 0 Å². The van der Waals surface area contributed by atoms with Gasteiger partial charge in [0.1, 0.15) is 0 Å². The first kappa shape index (κ1) is 13.7. The van der Waals surface area contributed by atoms with Crippen molar-refractivity contribution in [1.82, 2.24) is 10.3 Å². The molecule has 4 heteroatoms. The van der Waals surface area contributed by atoms with Crippen molar-refractivity contribution in [3.8, 4) is 0 Å². The molecule has 100 valence electrons. The van der Waals surface area contributed by atoms with Crippen molar-refractivity contribution in [3.05, 3.63) is 51.5 Å². The average Bonchev–Trinajstić information content (AvgIpc) is 2.81. The summed E-state index contributed by atoms with van der Waals surface area (Å²) < 4.78 is 0. The summed E-state index contributed by atoms with van der Waals surface area (Å²) in [7, 11) is 0. The van der Waals surface area contributed by atoms with Crippen LogP contribution in [0.15, 0.2) is 30.6 Å². The zero-order valence-corrected chi connectivity index (χ0v) is 12.3. The van der Waals surface area contributed by atoms with Gasteiger partial charge in [0.15, 0.2) is 0 Å². The van der Waals surface area contributed by atoms with Gasteiger partial charge in [-0.2, -0.15) is 0 Å². The number of carbonyl (C=O) groups excluding carboxylic acids is 1. The number of amides is 1. The molecule has 0 aromatic carbocycles. The topological polar surface area (TPSA) is 42.0 Å². The van der Waals surface area contributed by atoms with E-state index in [0.717, 1.165) is 16.9 Å². The number of nitrogens with one attached hydrogen (secondary N) is 1. The molecule has 0 fully saturated rings. The minimum absolute atomic E-state index is 0.00267. The minimum atomic E-state index is -0.0111. The van der Waals surface area contributed by atoms with Gasteiger partial charge in [0.2, 0.25) is 0 Å². The predicted octanol–water partition coefficient (Wildman–Crippen LogP) is 3.50. The Morgan fingerprint density at radius 2 is 2.11 bits per heavy atom. The number of hydrogen-bond acceptors (Lipinski definition) is 3. The summed E-state index contributed by atoms with van der Waals surface area (Å²) in [5, 5.41) is 3.02. The van der Waals surface area contributed by atoms with Crippen molar-refractivity contribution in [3.63, 3.8) is 0 Å². The average molecular weight is 274 g/mol. The molecule has 0 aliphatic rings. The second-order valence-electron chi connectivity index (χ2n) is 4.55. The Hall–Kier alpha value is -1.68. The third kappa shape index (κ3) is 3.20. The van der Waals surface area contributed by atoms with E-state index >= 15 is 0 Å². The summed E-state index contributed by atoms with van der Waals surface area (Å²) in [6.45, 7) is 6.15. The molecule has 1 N–H and O–H groups in total. The SMILES string of the molecule is CCc1sc(C(=O)NC(C)c2ccncc2)cc1C. The molecule has 0 bridgehead atoms. The first-order valence-electron chi connectivity index (χ1n) is 6.42. The summed E-state index contributed by atoms with van der Waals surface area (Å²) in [6.07, 6.45) is 4.45. The van der Waals surface area contributed by atoms with Crippen molar-refractivity contribution in [1.29, 1.82) is 0 Å². The largest absolute Gasteiger partial charge is 0.345 e. The number of hydrogen-bond donors (Lipinski definition) is 1. The van der Waals surface area contributed by atoms with Crippen molar-refractivity contribution in [2.45, 2.75) is 33.2 Å². The normalized spacial score (nSPS) is 12.2. The van der Waals surface area contributed by atoms with E-state index in [1.54, 1.807) is 23.7 Å². The van der Waals surface area contributed by atoms with Gasteiger partial charge in [-0.05, 0) is 49.6 Å². The Kier molecular flexibility index (Phi) is 4.32. The number of carbonyl (C=O) groups is 1. The predicted molar refractivity (Wildman–Crippen MR) is 78.6 cm³/mol. The van der Waals surface area contributed by atoms with Crippen LogP contribution in [0.2, 0.25) is 0 Å². The standard InChI is InChI=1S/C15H18N2OS/c1-4-13-10(2)9-14(19-13)15(18)17-11(3)12-5-7-16-8-6-12/h5-9,11H,4H2,1-3H3,(H,17,18). The molecule has 1 unspecified atom stereocenters. The molecule has 1 atom stereocenters. The molecule has 19 heavy (non-hydrogen) atoms. The van der Waals surface area contributed by atoms with E-state index in [9.17, 15) is 4.79 Å². The maximum atomic E-state index is 12.2. The molecule has 0 aliphatic carbocycles. The van der Waals surface area contributed by atoms with Gasteiger partial charge in [0, 0.05) is 17.3 Å². The van der Waals surface area contributed by atoms with E-state index in [2.05, 4.69) is 24.1 Å². The van der Waals surface area contributed by atoms with Crippen LogP contribution in [0.4, 0.5) is 0 Å². The van der Waals surface area contributed by atoms with Gasteiger partial charge in [0.25, 0.3) is 5.91 Å². The van der Waals surface area contributed by atoms with Gasteiger partial charge >= 0.3 is 0 Å². The molecule has 0 saturated heterocycles. The van der Waals surface area contributed by atoms with E-state index in [1.165, 1.54) is 10.4 Å². The molecule has 1 amide bonds. The highest BCUT2D eigenvalue weighted by Crippen LogP contribution is 2.23. The quantitative estimate of drug-likeness (QED) is 0.927. The fourth-order valence-electron chi connectivity index (χ4n) is 1.99. The van der Waals surface area contributed by atoms with Crippen LogP contribution in [0.3, 0.4) is 0 Å². The second kappa shape index (κ2) is 5.97. The zero-order chi connectivity index (χ0) is 13.8. The van der Waals surface area contributed by atoms with Gasteiger partial charge in [-0.3, -0.25) is 9.78 Å². The Bertz CT molecular complexity index is 563. The summed E-state index contributed by atoms with van der Waals surface area (Å²) in [4.78, 5) is 18.2. The van der Waals surface area contributed by atoms with Crippen LogP contribution in [0.5, 0.6) is 0 Å². The molecule has 0 saturated carbocycles. The zero-order valence-electron chi connectivity index (χ0n) is 11.4. The second-order valence-corrected chi connectivity index (χ2v) is 5.68. The number of nitrogens with zero attached hydrogens (tertiary/aromatic N) is 1. The molecular formula is C15H18N2OS. The summed E-state index contributed by atoms with van der Waals surface area (Å²) in [5.74, 6) is -0.00267. The third-order valence-electron chi connectivity index (χ3n) is 3.12. The van der Waals surface area contributed by atoms with Crippen LogP contribution in [-0.2, 0) is 6.42 Å². The molecule has 0 radical (unpaired) electrons. The highest BCUT2D eigenvalue weighted by molar-refractivity contribution is 7.14. The fraction of sp³-hybridized carbons (Fsp3) is 0.333. The third-order valence-corrected chi connectivity index (χ3v) is 4.50. The smallest absolute Gasteiger partial charge is 0.261 e. The molecule has 2 rings (SSSR count). The van der Waals surface area contributed by atoms with Crippen LogP contribution < -0.4 is 5.32 Å². The van der Waals surface area contributed by atoms with Crippen molar-refractivity contribution < 1.29 is 4.79 Å². The van der Waals surface area contributed by atoms with E-state index in [-0.39, 0.29) is 11.9 Å². The molecule has 2 aromatic heterocycles. The number of aryl methyl sites for hydroxylation is 2. The Morgan fingerprint density at radius 1 is 1.42 bits per heavy atom. The summed E-state index contributed by atoms with van der Waals surface area (Å²) >= 11 is 1.58. The van der Waals surface area contributed by atoms with Gasteiger partial charge in [0.05, 0.1) is 10.9 Å². The summed E-state index contributed by atoms with van der Waals surface area (Å²) in [6, 6.07) is 5.80. The monoisotopic (exact) mass is 274 g/mol. The van der Waals surface area contributed by atoms with E-state index in [1.807, 2.05) is 25.1 Å². The number of thiophene rings is 1. The van der Waals surface area contributed by atoms with Crippen LogP contribution >= 0.6 is 11.3 Å². The van der Waals surface area contributed by atoms with Gasteiger partial charge in [-0.1, -0.05) is 6.92 Å². The number of pyridine rings is 1. The molecule has 0 aliphatic heterocycles. The first-order valence-corrected chi connectivity index (χ1v) is 7.23. The maximum Gasteiger partial charge on any atom is 0.261 e. The van der Waals surface area contributed by atoms with Crippen molar-refractivity contribution in [2.24, 2.45) is 0 Å². The highest BCUT2D eigenvalue weighted by Gasteiger charge is 2.14. The lowest BCUT2D eigenvalue weighted by Crippen LogP contribution is -2.25. The Morgan fingerprint density at radius 3 is 2.68 bits per heavy atom. The molecular weight excluding hydrogens is 256 g/mol. The van der Waals surface area contributed by atoms with Crippen molar-refractivity contribution >= 4 is 17.2 Å².